The molecule has 0 atom stereocenters. The third-order valence-corrected chi connectivity index (χ3v) is 4.55. The van der Waals surface area contributed by atoms with E-state index in [1.54, 1.807) is 31.4 Å². The lowest BCUT2D eigenvalue weighted by Crippen LogP contribution is -2.28. The van der Waals surface area contributed by atoms with E-state index < -0.39 is 11.5 Å². The van der Waals surface area contributed by atoms with Crippen molar-refractivity contribution in [3.63, 3.8) is 0 Å². The minimum Gasteiger partial charge on any atom is -0.497 e. The van der Waals surface area contributed by atoms with E-state index >= 15 is 0 Å². The number of hydrogen-bond acceptors (Lipinski definition) is 7. The average molecular weight is 406 g/mol. The summed E-state index contributed by atoms with van der Waals surface area (Å²) in [7, 11) is 3.07. The molecule has 0 fully saturated rings. The number of methoxy groups -OCH3 is 2. The summed E-state index contributed by atoms with van der Waals surface area (Å²) in [5.41, 5.74) is 0.784. The van der Waals surface area contributed by atoms with Crippen LogP contribution in [-0.4, -0.2) is 25.3 Å². The highest BCUT2D eigenvalue weighted by molar-refractivity contribution is 5.97. The summed E-state index contributed by atoms with van der Waals surface area (Å²) in [4.78, 5) is 24.8. The van der Waals surface area contributed by atoms with E-state index in [1.165, 1.54) is 13.2 Å². The molecule has 8 nitrogen and oxygen atoms in total. The Bertz CT molecular complexity index is 1260. The summed E-state index contributed by atoms with van der Waals surface area (Å²) in [6.45, 7) is 0.0913. The zero-order valence-electron chi connectivity index (χ0n) is 16.3. The molecule has 1 amide bonds. The summed E-state index contributed by atoms with van der Waals surface area (Å²) in [5.74, 6) is 1.14. The summed E-state index contributed by atoms with van der Waals surface area (Å²) < 4.78 is 20.9. The van der Waals surface area contributed by atoms with Gasteiger partial charge in [0.2, 0.25) is 0 Å². The van der Waals surface area contributed by atoms with Crippen LogP contribution in [0.5, 0.6) is 11.5 Å². The number of hydrogen-bond donors (Lipinski definition) is 1. The fourth-order valence-electron chi connectivity index (χ4n) is 2.99. The van der Waals surface area contributed by atoms with Gasteiger partial charge >= 0.3 is 5.63 Å². The van der Waals surface area contributed by atoms with Gasteiger partial charge in [-0.3, -0.25) is 4.79 Å². The summed E-state index contributed by atoms with van der Waals surface area (Å²) in [5, 5.41) is 7.20. The molecule has 0 saturated carbocycles. The molecule has 0 bridgehead atoms. The Morgan fingerprint density at radius 1 is 1.07 bits per heavy atom. The minimum atomic E-state index is -0.747. The maximum atomic E-state index is 12.5. The van der Waals surface area contributed by atoms with Crippen molar-refractivity contribution in [2.45, 2.75) is 6.54 Å². The van der Waals surface area contributed by atoms with Crippen LogP contribution in [0, 0.1) is 0 Å². The number of ether oxygens (including phenoxy) is 2. The zero-order chi connectivity index (χ0) is 21.1. The van der Waals surface area contributed by atoms with Crippen LogP contribution >= 0.6 is 0 Å². The lowest BCUT2D eigenvalue weighted by molar-refractivity contribution is 0.0946. The van der Waals surface area contributed by atoms with Gasteiger partial charge in [0.15, 0.2) is 17.1 Å². The van der Waals surface area contributed by atoms with Gasteiger partial charge in [0, 0.05) is 17.0 Å². The molecular formula is C22H18N2O6. The summed E-state index contributed by atoms with van der Waals surface area (Å²) in [6.07, 6.45) is 0. The molecule has 0 aliphatic carbocycles. The first-order valence-corrected chi connectivity index (χ1v) is 9.08. The Kier molecular flexibility index (Phi) is 5.21. The molecule has 2 aromatic heterocycles. The number of rotatable bonds is 6. The third kappa shape index (κ3) is 3.75. The van der Waals surface area contributed by atoms with E-state index in [1.807, 2.05) is 24.3 Å². The van der Waals surface area contributed by atoms with Gasteiger partial charge in [-0.1, -0.05) is 17.3 Å². The SMILES string of the molecule is COc1ccc(-c2cc(CNC(=O)c3cc4cccc(OC)c4oc3=O)no2)cc1. The van der Waals surface area contributed by atoms with Crippen LogP contribution in [0.1, 0.15) is 16.1 Å². The normalized spacial score (nSPS) is 10.7. The molecule has 152 valence electrons. The molecule has 30 heavy (non-hydrogen) atoms. The standard InChI is InChI=1S/C22H18N2O6/c1-27-16-8-6-13(7-9-16)19-11-15(24-30-19)12-23-21(25)17-10-14-4-3-5-18(28-2)20(14)29-22(17)26/h3-11H,12H2,1-2H3,(H,23,25). The maximum absolute atomic E-state index is 12.5. The smallest absolute Gasteiger partial charge is 0.349 e. The number of nitrogens with one attached hydrogen (secondary N) is 1. The van der Waals surface area contributed by atoms with Gasteiger partial charge in [0.05, 0.1) is 20.8 Å². The Balaban J connectivity index is 1.49. The predicted octanol–water partition coefficient (Wildman–Crippen LogP) is 3.40. The first-order chi connectivity index (χ1) is 14.6. The predicted molar refractivity (Wildman–Crippen MR) is 109 cm³/mol. The van der Waals surface area contributed by atoms with Gasteiger partial charge in [-0.05, 0) is 36.4 Å². The Labute approximate surface area is 171 Å². The first kappa shape index (κ1) is 19.3. The van der Waals surface area contributed by atoms with Gasteiger partial charge < -0.3 is 23.7 Å². The maximum Gasteiger partial charge on any atom is 0.349 e. The number of carbonyl (C=O) groups excluding carboxylic acids is 1. The van der Waals surface area contributed by atoms with Crippen LogP contribution < -0.4 is 20.4 Å². The van der Waals surface area contributed by atoms with Crippen molar-refractivity contribution in [3.8, 4) is 22.8 Å². The molecule has 0 radical (unpaired) electrons. The van der Waals surface area contributed by atoms with E-state index in [4.69, 9.17) is 18.4 Å². The van der Waals surface area contributed by atoms with E-state index in [0.29, 0.717) is 28.2 Å². The number of benzene rings is 2. The van der Waals surface area contributed by atoms with E-state index in [-0.39, 0.29) is 12.1 Å². The second-order valence-corrected chi connectivity index (χ2v) is 6.42. The molecule has 4 aromatic rings. The van der Waals surface area contributed by atoms with Crippen LogP contribution in [0.3, 0.4) is 0 Å². The number of carbonyl (C=O) groups is 1. The highest BCUT2D eigenvalue weighted by Crippen LogP contribution is 2.25. The number of aromatic nitrogens is 1. The first-order valence-electron chi connectivity index (χ1n) is 9.08. The molecule has 0 spiro atoms. The number of para-hydroxylation sites is 1. The second-order valence-electron chi connectivity index (χ2n) is 6.42. The Morgan fingerprint density at radius 3 is 2.60 bits per heavy atom. The Hall–Kier alpha value is -4.07. The molecule has 0 aliphatic heterocycles. The monoisotopic (exact) mass is 406 g/mol. The van der Waals surface area contributed by atoms with Crippen LogP contribution in [-0.2, 0) is 6.54 Å². The van der Waals surface area contributed by atoms with Crippen molar-refractivity contribution in [1.82, 2.24) is 10.5 Å². The zero-order valence-corrected chi connectivity index (χ0v) is 16.3. The van der Waals surface area contributed by atoms with Gasteiger partial charge in [0.25, 0.3) is 5.91 Å². The van der Waals surface area contributed by atoms with Crippen molar-refractivity contribution in [2.24, 2.45) is 0 Å². The van der Waals surface area contributed by atoms with Gasteiger partial charge in [-0.2, -0.15) is 0 Å². The van der Waals surface area contributed by atoms with Crippen LogP contribution in [0.4, 0.5) is 0 Å². The van der Waals surface area contributed by atoms with Gasteiger partial charge in [0.1, 0.15) is 17.0 Å². The lowest BCUT2D eigenvalue weighted by Gasteiger charge is -2.06. The molecule has 4 rings (SSSR count). The average Bonchev–Trinajstić information content (AvgIpc) is 3.25. The van der Waals surface area contributed by atoms with E-state index in [2.05, 4.69) is 10.5 Å². The van der Waals surface area contributed by atoms with Crippen molar-refractivity contribution < 1.29 is 23.2 Å². The molecular weight excluding hydrogens is 388 g/mol. The molecule has 0 unspecified atom stereocenters. The number of nitrogens with zero attached hydrogens (tertiary/aromatic N) is 1. The molecule has 2 aromatic carbocycles. The summed E-state index contributed by atoms with van der Waals surface area (Å²) in [6, 6.07) is 15.7. The van der Waals surface area contributed by atoms with Crippen LogP contribution in [0.2, 0.25) is 0 Å². The molecule has 2 heterocycles. The van der Waals surface area contributed by atoms with Crippen molar-refractivity contribution in [2.75, 3.05) is 14.2 Å². The topological polar surface area (TPSA) is 104 Å². The van der Waals surface area contributed by atoms with E-state index in [9.17, 15) is 9.59 Å². The molecule has 0 aliphatic rings. The fourth-order valence-corrected chi connectivity index (χ4v) is 2.99. The molecule has 1 N–H and O–H groups in total. The van der Waals surface area contributed by atoms with Crippen molar-refractivity contribution in [1.29, 1.82) is 0 Å². The Morgan fingerprint density at radius 2 is 1.87 bits per heavy atom. The largest absolute Gasteiger partial charge is 0.497 e. The highest BCUT2D eigenvalue weighted by atomic mass is 16.5. The van der Waals surface area contributed by atoms with Crippen LogP contribution in [0.15, 0.2) is 68.3 Å². The quantitative estimate of drug-likeness (QED) is 0.490. The van der Waals surface area contributed by atoms with Gasteiger partial charge in [-0.15, -0.1) is 0 Å². The number of amides is 1. The van der Waals surface area contributed by atoms with Gasteiger partial charge in [-0.25, -0.2) is 4.79 Å². The number of fused-ring (bicyclic) bond motifs is 1. The highest BCUT2D eigenvalue weighted by Gasteiger charge is 2.16. The second kappa shape index (κ2) is 8.12. The fraction of sp³-hybridized carbons (Fsp3) is 0.136. The van der Waals surface area contributed by atoms with E-state index in [0.717, 1.165) is 11.3 Å². The summed E-state index contributed by atoms with van der Waals surface area (Å²) >= 11 is 0. The minimum absolute atomic E-state index is 0.0913. The third-order valence-electron chi connectivity index (χ3n) is 4.55. The van der Waals surface area contributed by atoms with Crippen LogP contribution in [0.25, 0.3) is 22.3 Å². The lowest BCUT2D eigenvalue weighted by atomic mass is 10.1. The molecule has 0 saturated heterocycles. The molecule has 8 heteroatoms. The van der Waals surface area contributed by atoms with Crippen molar-refractivity contribution in [3.05, 3.63) is 76.3 Å². The van der Waals surface area contributed by atoms with Crippen molar-refractivity contribution >= 4 is 16.9 Å².